The second-order valence-corrected chi connectivity index (χ2v) is 4.32. The average molecular weight is 301 g/mol. The van der Waals surface area contributed by atoms with E-state index in [1.165, 1.54) is 18.2 Å². The summed E-state index contributed by atoms with van der Waals surface area (Å²) < 4.78 is 39.2. The van der Waals surface area contributed by atoms with E-state index in [0.717, 1.165) is 6.07 Å². The van der Waals surface area contributed by atoms with Gasteiger partial charge in [0.2, 0.25) is 0 Å². The first-order chi connectivity index (χ1) is 9.40. The summed E-state index contributed by atoms with van der Waals surface area (Å²) in [7, 11) is 0. The van der Waals surface area contributed by atoms with E-state index >= 15 is 0 Å². The van der Waals surface area contributed by atoms with Crippen LogP contribution in [0.3, 0.4) is 0 Å². The van der Waals surface area contributed by atoms with Crippen LogP contribution in [-0.2, 0) is 0 Å². The van der Waals surface area contributed by atoms with Gasteiger partial charge < -0.3 is 11.1 Å². The van der Waals surface area contributed by atoms with Gasteiger partial charge in [-0.1, -0.05) is 11.6 Å². The third kappa shape index (κ3) is 2.70. The molecule has 3 nitrogen and oxygen atoms in total. The largest absolute Gasteiger partial charge is 0.398 e. The monoisotopic (exact) mass is 300 g/mol. The Labute approximate surface area is 117 Å². The Morgan fingerprint density at radius 3 is 2.45 bits per heavy atom. The maximum atomic E-state index is 13.4. The zero-order valence-electron chi connectivity index (χ0n) is 9.88. The lowest BCUT2D eigenvalue weighted by molar-refractivity contribution is 0.102. The summed E-state index contributed by atoms with van der Waals surface area (Å²) in [5.74, 6) is -5.19. The number of hydrogen-bond donors (Lipinski definition) is 2. The van der Waals surface area contributed by atoms with E-state index in [4.69, 9.17) is 17.3 Å². The van der Waals surface area contributed by atoms with Gasteiger partial charge in [0.05, 0.1) is 16.4 Å². The molecule has 2 aromatic carbocycles. The number of halogens is 4. The van der Waals surface area contributed by atoms with E-state index < -0.39 is 29.0 Å². The number of benzene rings is 2. The standard InChI is InChI=1S/C13H8ClF3N2O/c14-7-2-1-6(5-9(7)18)13(20)19-10-4-3-8(15)11(16)12(10)17/h1-5H,18H2,(H,19,20). The maximum absolute atomic E-state index is 13.4. The molecule has 0 radical (unpaired) electrons. The Bertz CT molecular complexity index is 692. The third-order valence-electron chi connectivity index (χ3n) is 2.54. The lowest BCUT2D eigenvalue weighted by Crippen LogP contribution is -2.14. The van der Waals surface area contributed by atoms with E-state index in [1.807, 2.05) is 0 Å². The zero-order valence-corrected chi connectivity index (χ0v) is 10.6. The van der Waals surface area contributed by atoms with Crippen LogP contribution >= 0.6 is 11.6 Å². The molecule has 0 saturated carbocycles. The minimum Gasteiger partial charge on any atom is -0.398 e. The molecule has 1 amide bonds. The number of nitrogens with two attached hydrogens (primary N) is 1. The fraction of sp³-hybridized carbons (Fsp3) is 0. The summed E-state index contributed by atoms with van der Waals surface area (Å²) in [5.41, 5.74) is 5.34. The van der Waals surface area contributed by atoms with E-state index in [2.05, 4.69) is 5.32 Å². The highest BCUT2D eigenvalue weighted by molar-refractivity contribution is 6.33. The van der Waals surface area contributed by atoms with Crippen molar-refractivity contribution in [1.82, 2.24) is 0 Å². The first-order valence-corrected chi connectivity index (χ1v) is 5.78. The van der Waals surface area contributed by atoms with Gasteiger partial charge in [0.15, 0.2) is 17.5 Å². The maximum Gasteiger partial charge on any atom is 0.255 e. The van der Waals surface area contributed by atoms with Crippen molar-refractivity contribution in [3.05, 3.63) is 58.4 Å². The zero-order chi connectivity index (χ0) is 14.9. The Kier molecular flexibility index (Phi) is 3.85. The van der Waals surface area contributed by atoms with Gasteiger partial charge in [-0.05, 0) is 30.3 Å². The molecule has 7 heteroatoms. The van der Waals surface area contributed by atoms with Gasteiger partial charge in [-0.25, -0.2) is 13.2 Å². The van der Waals surface area contributed by atoms with Crippen LogP contribution in [0.15, 0.2) is 30.3 Å². The molecule has 0 bridgehead atoms. The molecule has 0 unspecified atom stereocenters. The summed E-state index contributed by atoms with van der Waals surface area (Å²) in [4.78, 5) is 11.8. The topological polar surface area (TPSA) is 55.1 Å². The highest BCUT2D eigenvalue weighted by Gasteiger charge is 2.16. The van der Waals surface area contributed by atoms with Crippen LogP contribution in [0, 0.1) is 17.5 Å². The van der Waals surface area contributed by atoms with E-state index in [-0.39, 0.29) is 16.3 Å². The molecule has 0 saturated heterocycles. The average Bonchev–Trinajstić information content (AvgIpc) is 2.42. The highest BCUT2D eigenvalue weighted by atomic mass is 35.5. The van der Waals surface area contributed by atoms with Crippen molar-refractivity contribution in [3.63, 3.8) is 0 Å². The quantitative estimate of drug-likeness (QED) is 0.658. The summed E-state index contributed by atoms with van der Waals surface area (Å²) in [6, 6.07) is 5.68. The SMILES string of the molecule is Nc1cc(C(=O)Nc2ccc(F)c(F)c2F)ccc1Cl. The van der Waals surface area contributed by atoms with Crippen LogP contribution in [0.5, 0.6) is 0 Å². The predicted molar refractivity (Wildman–Crippen MR) is 70.1 cm³/mol. The molecule has 20 heavy (non-hydrogen) atoms. The van der Waals surface area contributed by atoms with Crippen LogP contribution in [0.4, 0.5) is 24.5 Å². The van der Waals surface area contributed by atoms with Crippen molar-refractivity contribution in [2.45, 2.75) is 0 Å². The molecule has 3 N–H and O–H groups in total. The van der Waals surface area contributed by atoms with Crippen molar-refractivity contribution in [2.24, 2.45) is 0 Å². The lowest BCUT2D eigenvalue weighted by atomic mass is 10.2. The predicted octanol–water partition coefficient (Wildman–Crippen LogP) is 3.59. The van der Waals surface area contributed by atoms with Gasteiger partial charge in [-0.3, -0.25) is 4.79 Å². The Balaban J connectivity index is 2.28. The molecule has 0 fully saturated rings. The third-order valence-corrected chi connectivity index (χ3v) is 2.89. The number of carbonyl (C=O) groups excluding carboxylic acids is 1. The molecular formula is C13H8ClF3N2O. The number of nitrogen functional groups attached to an aromatic ring is 1. The fourth-order valence-corrected chi connectivity index (χ4v) is 1.62. The van der Waals surface area contributed by atoms with E-state index in [9.17, 15) is 18.0 Å². The number of nitrogens with one attached hydrogen (secondary N) is 1. The molecule has 2 rings (SSSR count). The number of anilines is 2. The second-order valence-electron chi connectivity index (χ2n) is 3.91. The van der Waals surface area contributed by atoms with Gasteiger partial charge in [0, 0.05) is 5.56 Å². The summed E-state index contributed by atoms with van der Waals surface area (Å²) in [5, 5.41) is 2.39. The van der Waals surface area contributed by atoms with Gasteiger partial charge in [-0.15, -0.1) is 0 Å². The van der Waals surface area contributed by atoms with Gasteiger partial charge in [0.25, 0.3) is 5.91 Å². The number of hydrogen-bond acceptors (Lipinski definition) is 2. The Morgan fingerprint density at radius 2 is 1.80 bits per heavy atom. The van der Waals surface area contributed by atoms with Crippen LogP contribution in [0.2, 0.25) is 5.02 Å². The smallest absolute Gasteiger partial charge is 0.255 e. The normalized spacial score (nSPS) is 10.4. The van der Waals surface area contributed by atoms with Crippen molar-refractivity contribution in [3.8, 4) is 0 Å². The molecule has 104 valence electrons. The van der Waals surface area contributed by atoms with E-state index in [1.54, 1.807) is 0 Å². The van der Waals surface area contributed by atoms with E-state index in [0.29, 0.717) is 6.07 Å². The van der Waals surface area contributed by atoms with Crippen molar-refractivity contribution in [2.75, 3.05) is 11.1 Å². The minimum atomic E-state index is -1.65. The first kappa shape index (κ1) is 14.2. The molecule has 0 spiro atoms. The molecular weight excluding hydrogens is 293 g/mol. The van der Waals surface area contributed by atoms with Crippen LogP contribution in [0.1, 0.15) is 10.4 Å². The van der Waals surface area contributed by atoms with Crippen molar-refractivity contribution >= 4 is 28.9 Å². The Hall–Kier alpha value is -2.21. The molecule has 0 atom stereocenters. The highest BCUT2D eigenvalue weighted by Crippen LogP contribution is 2.22. The molecule has 0 aromatic heterocycles. The lowest BCUT2D eigenvalue weighted by Gasteiger charge is -2.08. The van der Waals surface area contributed by atoms with Crippen LogP contribution in [-0.4, -0.2) is 5.91 Å². The van der Waals surface area contributed by atoms with Gasteiger partial charge >= 0.3 is 0 Å². The van der Waals surface area contributed by atoms with Crippen LogP contribution < -0.4 is 11.1 Å². The first-order valence-electron chi connectivity index (χ1n) is 5.40. The van der Waals surface area contributed by atoms with Crippen molar-refractivity contribution < 1.29 is 18.0 Å². The molecule has 0 heterocycles. The molecule has 0 aliphatic heterocycles. The van der Waals surface area contributed by atoms with Gasteiger partial charge in [-0.2, -0.15) is 0 Å². The van der Waals surface area contributed by atoms with Crippen molar-refractivity contribution in [1.29, 1.82) is 0 Å². The number of amides is 1. The summed E-state index contributed by atoms with van der Waals surface area (Å²) in [6.45, 7) is 0. The second kappa shape index (κ2) is 5.42. The summed E-state index contributed by atoms with van der Waals surface area (Å²) in [6.07, 6.45) is 0. The van der Waals surface area contributed by atoms with Gasteiger partial charge in [0.1, 0.15) is 0 Å². The van der Waals surface area contributed by atoms with Crippen LogP contribution in [0.25, 0.3) is 0 Å². The molecule has 0 aliphatic carbocycles. The molecule has 0 aliphatic rings. The number of rotatable bonds is 2. The minimum absolute atomic E-state index is 0.107. The summed E-state index contributed by atoms with van der Waals surface area (Å²) >= 11 is 5.70. The molecule has 2 aromatic rings. The number of carbonyl (C=O) groups is 1. The fourth-order valence-electron chi connectivity index (χ4n) is 1.50. The Morgan fingerprint density at radius 1 is 1.10 bits per heavy atom.